The van der Waals surface area contributed by atoms with Crippen LogP contribution in [0.4, 0.5) is 11.5 Å². The molecule has 3 aromatic rings. The second-order valence-electron chi connectivity index (χ2n) is 5.50. The van der Waals surface area contributed by atoms with E-state index in [0.29, 0.717) is 23.7 Å². The van der Waals surface area contributed by atoms with E-state index in [0.717, 1.165) is 11.1 Å². The maximum atomic E-state index is 10.4. The molecule has 0 radical (unpaired) electrons. The van der Waals surface area contributed by atoms with Gasteiger partial charge >= 0.3 is 0 Å². The quantitative estimate of drug-likeness (QED) is 0.674. The summed E-state index contributed by atoms with van der Waals surface area (Å²) >= 11 is 0. The van der Waals surface area contributed by atoms with Gasteiger partial charge in [-0.15, -0.1) is 0 Å². The Morgan fingerprint density at radius 3 is 2.91 bits per heavy atom. The van der Waals surface area contributed by atoms with E-state index >= 15 is 0 Å². The molecule has 1 aliphatic carbocycles. The minimum atomic E-state index is -0.519. The number of benzene rings is 1. The third-order valence-electron chi connectivity index (χ3n) is 4.08. The molecule has 7 nitrogen and oxygen atoms in total. The van der Waals surface area contributed by atoms with Crippen molar-refractivity contribution < 1.29 is 5.11 Å². The largest absolute Gasteiger partial charge is 0.393 e. The molecule has 1 aliphatic rings. The van der Waals surface area contributed by atoms with Crippen molar-refractivity contribution >= 4 is 11.5 Å². The van der Waals surface area contributed by atoms with Crippen molar-refractivity contribution in [1.82, 2.24) is 19.7 Å². The Balaban J connectivity index is 1.69. The van der Waals surface area contributed by atoms with Crippen LogP contribution in [0.15, 0.2) is 49.1 Å². The van der Waals surface area contributed by atoms with Crippen molar-refractivity contribution in [2.45, 2.75) is 18.6 Å². The van der Waals surface area contributed by atoms with Gasteiger partial charge in [0.05, 0.1) is 12.1 Å². The molecule has 0 amide bonds. The Hall–Kier alpha value is -2.93. The van der Waals surface area contributed by atoms with Crippen LogP contribution in [-0.4, -0.2) is 31.0 Å². The van der Waals surface area contributed by atoms with Crippen molar-refractivity contribution in [3.05, 3.63) is 60.2 Å². The van der Waals surface area contributed by atoms with Crippen LogP contribution in [0.1, 0.15) is 17.2 Å². The first-order chi connectivity index (χ1) is 11.2. The number of nitrogens with one attached hydrogen (secondary N) is 1. The normalized spacial score (nSPS) is 19.5. The van der Waals surface area contributed by atoms with Crippen LogP contribution >= 0.6 is 0 Å². The lowest BCUT2D eigenvalue weighted by atomic mass is 10.1. The predicted molar refractivity (Wildman–Crippen MR) is 86.1 cm³/mol. The highest BCUT2D eigenvalue weighted by atomic mass is 16.3. The Labute approximate surface area is 132 Å². The van der Waals surface area contributed by atoms with Crippen LogP contribution in [0.25, 0.3) is 5.82 Å². The van der Waals surface area contributed by atoms with E-state index in [4.69, 9.17) is 5.73 Å². The van der Waals surface area contributed by atoms with Gasteiger partial charge in [-0.05, 0) is 17.2 Å². The summed E-state index contributed by atoms with van der Waals surface area (Å²) in [6, 6.07) is 9.53. The molecular weight excluding hydrogens is 292 g/mol. The first-order valence-corrected chi connectivity index (χ1v) is 7.37. The summed E-state index contributed by atoms with van der Waals surface area (Å²) in [5, 5.41) is 17.7. The first kappa shape index (κ1) is 13.7. The Kier molecular flexibility index (Phi) is 3.20. The average molecular weight is 308 g/mol. The maximum absolute atomic E-state index is 10.4. The van der Waals surface area contributed by atoms with Gasteiger partial charge in [0.25, 0.3) is 0 Å². The number of anilines is 2. The highest BCUT2D eigenvalue weighted by Gasteiger charge is 2.31. The molecule has 2 heterocycles. The lowest BCUT2D eigenvalue weighted by Gasteiger charge is -2.20. The van der Waals surface area contributed by atoms with Gasteiger partial charge in [0.1, 0.15) is 12.0 Å². The smallest absolute Gasteiger partial charge is 0.181 e. The summed E-state index contributed by atoms with van der Waals surface area (Å²) in [6.45, 7) is 0. The zero-order valence-corrected chi connectivity index (χ0v) is 12.3. The number of hydrogen-bond acceptors (Lipinski definition) is 6. The van der Waals surface area contributed by atoms with Crippen LogP contribution in [0, 0.1) is 0 Å². The van der Waals surface area contributed by atoms with E-state index in [2.05, 4.69) is 20.4 Å². The standard InChI is InChI=1S/C16H16N6O/c17-13-15(18-9-19-16(13)22-7-3-6-20-22)21-14-11-5-2-1-4-10(11)8-12(14)23/h1-7,9,12,14,23H,8,17H2,(H,18,19,21)/t12-,14+/m1/s1. The third kappa shape index (κ3) is 2.31. The number of aromatic nitrogens is 4. The molecule has 0 saturated carbocycles. The summed E-state index contributed by atoms with van der Waals surface area (Å²) in [4.78, 5) is 8.40. The monoisotopic (exact) mass is 308 g/mol. The molecular formula is C16H16N6O. The summed E-state index contributed by atoms with van der Waals surface area (Å²) in [5.41, 5.74) is 8.79. The van der Waals surface area contributed by atoms with Gasteiger partial charge < -0.3 is 16.2 Å². The first-order valence-electron chi connectivity index (χ1n) is 7.37. The fourth-order valence-corrected chi connectivity index (χ4v) is 2.97. The molecule has 1 aromatic carbocycles. The molecule has 0 aliphatic heterocycles. The molecule has 0 unspecified atom stereocenters. The molecule has 7 heteroatoms. The summed E-state index contributed by atoms with van der Waals surface area (Å²) in [6.07, 6.45) is 4.96. The predicted octanol–water partition coefficient (Wildman–Crippen LogP) is 1.31. The highest BCUT2D eigenvalue weighted by molar-refractivity contribution is 5.69. The number of nitrogen functional groups attached to an aromatic ring is 1. The molecule has 23 heavy (non-hydrogen) atoms. The van der Waals surface area contributed by atoms with Gasteiger partial charge in [-0.2, -0.15) is 5.10 Å². The van der Waals surface area contributed by atoms with Crippen molar-refractivity contribution in [2.24, 2.45) is 0 Å². The van der Waals surface area contributed by atoms with Gasteiger partial charge in [-0.1, -0.05) is 24.3 Å². The molecule has 2 aromatic heterocycles. The third-order valence-corrected chi connectivity index (χ3v) is 4.08. The van der Waals surface area contributed by atoms with Crippen LogP contribution < -0.4 is 11.1 Å². The fourth-order valence-electron chi connectivity index (χ4n) is 2.97. The highest BCUT2D eigenvalue weighted by Crippen LogP contribution is 2.35. The maximum Gasteiger partial charge on any atom is 0.181 e. The van der Waals surface area contributed by atoms with Crippen LogP contribution in [-0.2, 0) is 6.42 Å². The number of fused-ring (bicyclic) bond motifs is 1. The second-order valence-corrected chi connectivity index (χ2v) is 5.50. The zero-order valence-electron chi connectivity index (χ0n) is 12.3. The SMILES string of the molecule is Nc1c(N[C@H]2c3ccccc3C[C@H]2O)ncnc1-n1cccn1. The van der Waals surface area contributed by atoms with Gasteiger partial charge in [-0.25, -0.2) is 14.6 Å². The summed E-state index contributed by atoms with van der Waals surface area (Å²) in [7, 11) is 0. The molecule has 2 atom stereocenters. The minimum Gasteiger partial charge on any atom is -0.393 e. The van der Waals surface area contributed by atoms with Gasteiger partial charge in [0.2, 0.25) is 0 Å². The Bertz CT molecular complexity index is 832. The number of nitrogens with two attached hydrogens (primary N) is 1. The number of nitrogens with zero attached hydrogens (tertiary/aromatic N) is 4. The van der Waals surface area contributed by atoms with E-state index in [1.54, 1.807) is 23.1 Å². The summed E-state index contributed by atoms with van der Waals surface area (Å²) in [5.74, 6) is 1.000. The number of rotatable bonds is 3. The molecule has 116 valence electrons. The molecule has 4 N–H and O–H groups in total. The van der Waals surface area contributed by atoms with Crippen LogP contribution in [0.3, 0.4) is 0 Å². The minimum absolute atomic E-state index is 0.242. The zero-order chi connectivity index (χ0) is 15.8. The van der Waals surface area contributed by atoms with Crippen molar-refractivity contribution in [1.29, 1.82) is 0 Å². The second kappa shape index (κ2) is 5.36. The number of aliphatic hydroxyl groups is 1. The van der Waals surface area contributed by atoms with E-state index in [-0.39, 0.29) is 6.04 Å². The average Bonchev–Trinajstić information content (AvgIpc) is 3.18. The van der Waals surface area contributed by atoms with Gasteiger partial charge in [0, 0.05) is 18.8 Å². The number of hydrogen-bond donors (Lipinski definition) is 3. The molecule has 4 rings (SSSR count). The van der Waals surface area contributed by atoms with Gasteiger partial charge in [-0.3, -0.25) is 0 Å². The van der Waals surface area contributed by atoms with Crippen molar-refractivity contribution in [2.75, 3.05) is 11.1 Å². The van der Waals surface area contributed by atoms with E-state index < -0.39 is 6.10 Å². The molecule has 0 spiro atoms. The van der Waals surface area contributed by atoms with Gasteiger partial charge in [0.15, 0.2) is 11.6 Å². The Morgan fingerprint density at radius 2 is 2.09 bits per heavy atom. The van der Waals surface area contributed by atoms with Crippen molar-refractivity contribution in [3.8, 4) is 5.82 Å². The number of aliphatic hydroxyl groups excluding tert-OH is 1. The summed E-state index contributed by atoms with van der Waals surface area (Å²) < 4.78 is 1.58. The van der Waals surface area contributed by atoms with Crippen LogP contribution in [0.2, 0.25) is 0 Å². The fraction of sp³-hybridized carbons (Fsp3) is 0.188. The van der Waals surface area contributed by atoms with Crippen LogP contribution in [0.5, 0.6) is 0 Å². The molecule has 0 bridgehead atoms. The molecule has 0 fully saturated rings. The topological polar surface area (TPSA) is 102 Å². The van der Waals surface area contributed by atoms with Crippen molar-refractivity contribution in [3.63, 3.8) is 0 Å². The van der Waals surface area contributed by atoms with E-state index in [1.165, 1.54) is 6.33 Å². The van der Waals surface area contributed by atoms with E-state index in [9.17, 15) is 5.11 Å². The lowest BCUT2D eigenvalue weighted by molar-refractivity contribution is 0.165. The Morgan fingerprint density at radius 1 is 1.22 bits per heavy atom. The lowest BCUT2D eigenvalue weighted by Crippen LogP contribution is -2.22. The molecule has 0 saturated heterocycles. The van der Waals surface area contributed by atoms with E-state index in [1.807, 2.05) is 24.3 Å².